The van der Waals surface area contributed by atoms with E-state index in [1.807, 2.05) is 0 Å². The van der Waals surface area contributed by atoms with Gasteiger partial charge >= 0.3 is 0 Å². The summed E-state index contributed by atoms with van der Waals surface area (Å²) in [6, 6.07) is 1.69. The number of imidazole rings is 1. The number of nitrogens with one attached hydrogen (secondary N) is 1. The van der Waals surface area contributed by atoms with Crippen LogP contribution in [0.5, 0.6) is 0 Å². The maximum absolute atomic E-state index is 14.3. The summed E-state index contributed by atoms with van der Waals surface area (Å²) in [5.74, 6) is 0.872. The molecule has 4 nitrogen and oxygen atoms in total. The highest BCUT2D eigenvalue weighted by atomic mass is 19.1. The van der Waals surface area contributed by atoms with Gasteiger partial charge in [0.1, 0.15) is 5.82 Å². The molecule has 0 aliphatic rings. The van der Waals surface area contributed by atoms with Gasteiger partial charge in [-0.2, -0.15) is 0 Å². The molecular formula is C13H17FN4. The number of halogens is 1. The lowest BCUT2D eigenvalue weighted by Crippen LogP contribution is -2.11. The van der Waals surface area contributed by atoms with Gasteiger partial charge in [0.25, 0.3) is 0 Å². The Balaban J connectivity index is 2.43. The summed E-state index contributed by atoms with van der Waals surface area (Å²) in [6.07, 6.45) is 6.83. The second-order valence-corrected chi connectivity index (χ2v) is 4.10. The fourth-order valence-electron chi connectivity index (χ4n) is 1.90. The van der Waals surface area contributed by atoms with Crippen LogP contribution in [0.15, 0.2) is 24.7 Å². The summed E-state index contributed by atoms with van der Waals surface area (Å²) in [5.41, 5.74) is 0.610. The third kappa shape index (κ3) is 2.41. The van der Waals surface area contributed by atoms with Crippen molar-refractivity contribution in [3.05, 3.63) is 41.9 Å². The lowest BCUT2D eigenvalue weighted by Gasteiger charge is -2.10. The normalized spacial score (nSPS) is 10.8. The maximum Gasteiger partial charge on any atom is 0.174 e. The first kappa shape index (κ1) is 12.7. The summed E-state index contributed by atoms with van der Waals surface area (Å²) >= 11 is 0. The van der Waals surface area contributed by atoms with Gasteiger partial charge in [-0.3, -0.25) is 4.57 Å². The monoisotopic (exact) mass is 248 g/mol. The molecule has 0 aromatic carbocycles. The van der Waals surface area contributed by atoms with E-state index >= 15 is 0 Å². The highest BCUT2D eigenvalue weighted by Gasteiger charge is 2.13. The summed E-state index contributed by atoms with van der Waals surface area (Å²) < 4.78 is 16.0. The Hall–Kier alpha value is -1.75. The molecule has 2 heterocycles. The van der Waals surface area contributed by atoms with Gasteiger partial charge in [0.2, 0.25) is 0 Å². The van der Waals surface area contributed by atoms with E-state index < -0.39 is 0 Å². The molecule has 0 bridgehead atoms. The zero-order valence-corrected chi connectivity index (χ0v) is 10.7. The Bertz CT molecular complexity index is 521. The second-order valence-electron chi connectivity index (χ2n) is 4.10. The predicted molar refractivity (Wildman–Crippen MR) is 68.1 cm³/mol. The summed E-state index contributed by atoms with van der Waals surface area (Å²) in [4.78, 5) is 8.37. The topological polar surface area (TPSA) is 42.7 Å². The fourth-order valence-corrected chi connectivity index (χ4v) is 1.90. The van der Waals surface area contributed by atoms with Gasteiger partial charge in [-0.25, -0.2) is 14.4 Å². The van der Waals surface area contributed by atoms with Crippen LogP contribution >= 0.6 is 0 Å². The number of hydrogen-bond acceptors (Lipinski definition) is 3. The van der Waals surface area contributed by atoms with Crippen molar-refractivity contribution >= 4 is 0 Å². The summed E-state index contributed by atoms with van der Waals surface area (Å²) in [6.45, 7) is 2.55. The molecule has 2 aromatic rings. The van der Waals surface area contributed by atoms with Crippen molar-refractivity contribution < 1.29 is 4.39 Å². The van der Waals surface area contributed by atoms with Gasteiger partial charge in [0, 0.05) is 37.1 Å². The minimum atomic E-state index is -0.290. The van der Waals surface area contributed by atoms with Crippen LogP contribution in [0.4, 0.5) is 4.39 Å². The molecule has 0 aliphatic carbocycles. The van der Waals surface area contributed by atoms with Crippen LogP contribution < -0.4 is 5.32 Å². The predicted octanol–water partition coefficient (Wildman–Crippen LogP) is 2.08. The average molecular weight is 248 g/mol. The van der Waals surface area contributed by atoms with Crippen molar-refractivity contribution in [3.63, 3.8) is 0 Å². The van der Waals surface area contributed by atoms with Crippen LogP contribution in [0.1, 0.15) is 24.7 Å². The van der Waals surface area contributed by atoms with Crippen LogP contribution in [0.3, 0.4) is 0 Å². The molecule has 0 fully saturated rings. The first-order chi connectivity index (χ1) is 8.77. The molecule has 1 N–H and O–H groups in total. The number of aromatic nitrogens is 3. The lowest BCUT2D eigenvalue weighted by atomic mass is 10.2. The van der Waals surface area contributed by atoms with Crippen molar-refractivity contribution in [2.75, 3.05) is 7.05 Å². The van der Waals surface area contributed by atoms with Crippen molar-refractivity contribution in [2.45, 2.75) is 26.3 Å². The van der Waals surface area contributed by atoms with E-state index in [0.717, 1.165) is 18.7 Å². The zero-order valence-electron chi connectivity index (χ0n) is 10.7. The Morgan fingerprint density at radius 2 is 2.17 bits per heavy atom. The molecule has 0 saturated heterocycles. The lowest BCUT2D eigenvalue weighted by molar-refractivity contribution is 0.580. The van der Waals surface area contributed by atoms with E-state index in [9.17, 15) is 4.39 Å². The van der Waals surface area contributed by atoms with Crippen LogP contribution in [-0.2, 0) is 13.0 Å². The molecule has 0 atom stereocenters. The SMILES string of the molecule is CCCc1nccn1-c1nccc(CNC)c1F. The number of nitrogens with zero attached hydrogens (tertiary/aromatic N) is 3. The molecule has 5 heteroatoms. The second kappa shape index (κ2) is 5.73. The smallest absolute Gasteiger partial charge is 0.174 e. The molecule has 0 aliphatic heterocycles. The third-order valence-corrected chi connectivity index (χ3v) is 2.74. The molecule has 0 unspecified atom stereocenters. The van der Waals surface area contributed by atoms with Gasteiger partial charge in [-0.05, 0) is 19.5 Å². The Morgan fingerprint density at radius 1 is 1.33 bits per heavy atom. The maximum atomic E-state index is 14.3. The molecule has 0 spiro atoms. The third-order valence-electron chi connectivity index (χ3n) is 2.74. The van der Waals surface area contributed by atoms with Crippen LogP contribution in [0.25, 0.3) is 5.82 Å². The number of pyridine rings is 1. The molecular weight excluding hydrogens is 231 g/mol. The molecule has 0 radical (unpaired) electrons. The number of aryl methyl sites for hydroxylation is 1. The number of rotatable bonds is 5. The Labute approximate surface area is 106 Å². The van der Waals surface area contributed by atoms with Crippen LogP contribution in [-0.4, -0.2) is 21.6 Å². The fraction of sp³-hybridized carbons (Fsp3) is 0.385. The van der Waals surface area contributed by atoms with Crippen molar-refractivity contribution in [3.8, 4) is 5.82 Å². The average Bonchev–Trinajstić information content (AvgIpc) is 2.81. The van der Waals surface area contributed by atoms with Gasteiger partial charge in [-0.1, -0.05) is 6.92 Å². The van der Waals surface area contributed by atoms with E-state index in [1.54, 1.807) is 36.3 Å². The number of hydrogen-bond donors (Lipinski definition) is 1. The molecule has 96 valence electrons. The van der Waals surface area contributed by atoms with E-state index in [-0.39, 0.29) is 5.82 Å². The molecule has 0 saturated carbocycles. The van der Waals surface area contributed by atoms with E-state index in [1.165, 1.54) is 0 Å². The summed E-state index contributed by atoms with van der Waals surface area (Å²) in [5, 5.41) is 2.94. The van der Waals surface area contributed by atoms with E-state index in [2.05, 4.69) is 22.2 Å². The highest BCUT2D eigenvalue weighted by Crippen LogP contribution is 2.16. The van der Waals surface area contributed by atoms with Gasteiger partial charge < -0.3 is 5.32 Å². The quantitative estimate of drug-likeness (QED) is 0.881. The van der Waals surface area contributed by atoms with Crippen molar-refractivity contribution in [1.29, 1.82) is 0 Å². The van der Waals surface area contributed by atoms with E-state index in [0.29, 0.717) is 17.9 Å². The van der Waals surface area contributed by atoms with Gasteiger partial charge in [-0.15, -0.1) is 0 Å². The standard InChI is InChI=1S/C13H17FN4/c1-3-4-11-16-7-8-18(11)13-12(14)10(9-15-2)5-6-17-13/h5-8,15H,3-4,9H2,1-2H3. The van der Waals surface area contributed by atoms with E-state index in [4.69, 9.17) is 0 Å². The first-order valence-corrected chi connectivity index (χ1v) is 6.08. The van der Waals surface area contributed by atoms with Crippen LogP contribution in [0.2, 0.25) is 0 Å². The van der Waals surface area contributed by atoms with Gasteiger partial charge in [0.05, 0.1) is 0 Å². The minimum Gasteiger partial charge on any atom is -0.316 e. The Morgan fingerprint density at radius 3 is 2.89 bits per heavy atom. The highest BCUT2D eigenvalue weighted by molar-refractivity contribution is 5.32. The summed E-state index contributed by atoms with van der Waals surface area (Å²) in [7, 11) is 1.79. The molecule has 2 aromatic heterocycles. The minimum absolute atomic E-state index is 0.290. The molecule has 0 amide bonds. The zero-order chi connectivity index (χ0) is 13.0. The first-order valence-electron chi connectivity index (χ1n) is 6.08. The van der Waals surface area contributed by atoms with Crippen molar-refractivity contribution in [2.24, 2.45) is 0 Å². The molecule has 2 rings (SSSR count). The Kier molecular flexibility index (Phi) is 4.04. The largest absolute Gasteiger partial charge is 0.316 e. The molecule has 18 heavy (non-hydrogen) atoms. The van der Waals surface area contributed by atoms with Gasteiger partial charge in [0.15, 0.2) is 11.6 Å². The van der Waals surface area contributed by atoms with Crippen LogP contribution in [0, 0.1) is 5.82 Å². The van der Waals surface area contributed by atoms with Crippen molar-refractivity contribution in [1.82, 2.24) is 19.9 Å².